The number of ether oxygens (including phenoxy) is 1. The van der Waals surface area contributed by atoms with Crippen molar-refractivity contribution in [2.45, 2.75) is 6.61 Å². The molecule has 1 aromatic carbocycles. The van der Waals surface area contributed by atoms with Gasteiger partial charge in [-0.25, -0.2) is 9.50 Å². The second-order valence-electron chi connectivity index (χ2n) is 5.02. The number of benzene rings is 1. The highest BCUT2D eigenvalue weighted by molar-refractivity contribution is 7.08. The zero-order valence-corrected chi connectivity index (χ0v) is 13.6. The molecule has 4 rings (SSSR count). The molecule has 0 fully saturated rings. The molecule has 0 amide bonds. The van der Waals surface area contributed by atoms with Crippen molar-refractivity contribution < 1.29 is 4.74 Å². The first-order valence-corrected chi connectivity index (χ1v) is 8.36. The fraction of sp³-hybridized carbons (Fsp3) is 0.0588. The van der Waals surface area contributed by atoms with Gasteiger partial charge in [-0.1, -0.05) is 23.7 Å². The standard InChI is InChI=1S/C17H12ClN3OS/c18-14-3-1-2-12(8-14)10-22-17-5-4-16-19-9-15(21(16)20-17)13-6-7-23-11-13/h1-9,11H,10H2. The zero-order chi connectivity index (χ0) is 15.6. The highest BCUT2D eigenvalue weighted by Gasteiger charge is 2.09. The van der Waals surface area contributed by atoms with Gasteiger partial charge in [0.05, 0.1) is 11.9 Å². The summed E-state index contributed by atoms with van der Waals surface area (Å²) in [6.07, 6.45) is 1.82. The highest BCUT2D eigenvalue weighted by atomic mass is 35.5. The molecule has 4 nitrogen and oxygen atoms in total. The summed E-state index contributed by atoms with van der Waals surface area (Å²) in [5.41, 5.74) is 3.85. The Labute approximate surface area is 141 Å². The minimum atomic E-state index is 0.418. The average molecular weight is 342 g/mol. The van der Waals surface area contributed by atoms with Crippen LogP contribution in [0.1, 0.15) is 5.56 Å². The number of hydrogen-bond donors (Lipinski definition) is 0. The third-order valence-electron chi connectivity index (χ3n) is 3.43. The Bertz CT molecular complexity index is 950. The summed E-state index contributed by atoms with van der Waals surface area (Å²) in [5.74, 6) is 0.548. The van der Waals surface area contributed by atoms with E-state index in [1.54, 1.807) is 15.9 Å². The number of imidazole rings is 1. The van der Waals surface area contributed by atoms with Crippen LogP contribution in [-0.4, -0.2) is 14.6 Å². The summed E-state index contributed by atoms with van der Waals surface area (Å²) in [4.78, 5) is 4.38. The Morgan fingerprint density at radius 2 is 2.13 bits per heavy atom. The second-order valence-corrected chi connectivity index (χ2v) is 6.23. The summed E-state index contributed by atoms with van der Waals surface area (Å²) < 4.78 is 7.58. The summed E-state index contributed by atoms with van der Waals surface area (Å²) in [6.45, 7) is 0.418. The van der Waals surface area contributed by atoms with Gasteiger partial charge in [0.25, 0.3) is 0 Å². The third kappa shape index (κ3) is 2.93. The molecule has 0 saturated carbocycles. The van der Waals surface area contributed by atoms with E-state index in [0.29, 0.717) is 17.5 Å². The molecule has 0 unspecified atom stereocenters. The number of halogens is 1. The summed E-state index contributed by atoms with van der Waals surface area (Å²) in [7, 11) is 0. The quantitative estimate of drug-likeness (QED) is 0.540. The van der Waals surface area contributed by atoms with Gasteiger partial charge >= 0.3 is 0 Å². The monoisotopic (exact) mass is 341 g/mol. The Morgan fingerprint density at radius 3 is 2.96 bits per heavy atom. The van der Waals surface area contributed by atoms with Crippen LogP contribution in [0.3, 0.4) is 0 Å². The van der Waals surface area contributed by atoms with E-state index < -0.39 is 0 Å². The second kappa shape index (κ2) is 6.02. The molecule has 0 aliphatic carbocycles. The van der Waals surface area contributed by atoms with Gasteiger partial charge in [0, 0.05) is 22.0 Å². The van der Waals surface area contributed by atoms with E-state index in [4.69, 9.17) is 16.3 Å². The first kappa shape index (κ1) is 14.2. The van der Waals surface area contributed by atoms with Gasteiger partial charge in [-0.3, -0.25) is 0 Å². The maximum absolute atomic E-state index is 5.99. The molecule has 114 valence electrons. The van der Waals surface area contributed by atoms with Crippen LogP contribution in [0.2, 0.25) is 5.02 Å². The molecule has 0 N–H and O–H groups in total. The Kier molecular flexibility index (Phi) is 3.73. The molecule has 0 saturated heterocycles. The van der Waals surface area contributed by atoms with Gasteiger partial charge in [-0.15, -0.1) is 5.10 Å². The van der Waals surface area contributed by atoms with Crippen molar-refractivity contribution in [2.75, 3.05) is 0 Å². The van der Waals surface area contributed by atoms with E-state index in [1.807, 2.05) is 48.0 Å². The molecule has 3 heterocycles. The number of fused-ring (bicyclic) bond motifs is 1. The third-order valence-corrected chi connectivity index (χ3v) is 4.35. The van der Waals surface area contributed by atoms with Crippen molar-refractivity contribution in [1.29, 1.82) is 0 Å². The molecule has 0 aliphatic heterocycles. The highest BCUT2D eigenvalue weighted by Crippen LogP contribution is 2.23. The minimum Gasteiger partial charge on any atom is -0.472 e. The molecule has 0 spiro atoms. The molecular weight excluding hydrogens is 330 g/mol. The molecule has 0 aliphatic rings. The molecule has 0 radical (unpaired) electrons. The van der Waals surface area contributed by atoms with Crippen molar-refractivity contribution in [3.05, 3.63) is 70.0 Å². The lowest BCUT2D eigenvalue weighted by Gasteiger charge is -2.06. The summed E-state index contributed by atoms with van der Waals surface area (Å²) >= 11 is 7.63. The fourth-order valence-corrected chi connectivity index (χ4v) is 3.19. The predicted octanol–water partition coefficient (Wildman–Crippen LogP) is 4.69. The van der Waals surface area contributed by atoms with Crippen LogP contribution < -0.4 is 4.74 Å². The van der Waals surface area contributed by atoms with Crippen LogP contribution in [0.5, 0.6) is 5.88 Å². The van der Waals surface area contributed by atoms with Crippen LogP contribution in [0.25, 0.3) is 16.9 Å². The predicted molar refractivity (Wildman–Crippen MR) is 92.1 cm³/mol. The van der Waals surface area contributed by atoms with E-state index in [2.05, 4.69) is 21.5 Å². The minimum absolute atomic E-state index is 0.418. The largest absolute Gasteiger partial charge is 0.472 e. The molecule has 4 aromatic rings. The van der Waals surface area contributed by atoms with Crippen molar-refractivity contribution in [1.82, 2.24) is 14.6 Å². The van der Waals surface area contributed by atoms with Crippen LogP contribution in [0.15, 0.2) is 59.4 Å². The van der Waals surface area contributed by atoms with Crippen LogP contribution >= 0.6 is 22.9 Å². The Balaban J connectivity index is 1.62. The van der Waals surface area contributed by atoms with Crippen LogP contribution in [0.4, 0.5) is 0 Å². The SMILES string of the molecule is Clc1cccc(COc2ccc3ncc(-c4ccsc4)n3n2)c1. The number of aromatic nitrogens is 3. The van der Waals surface area contributed by atoms with E-state index in [1.165, 1.54) is 0 Å². The number of rotatable bonds is 4. The average Bonchev–Trinajstić information content (AvgIpc) is 3.21. The lowest BCUT2D eigenvalue weighted by Crippen LogP contribution is -2.01. The van der Waals surface area contributed by atoms with Gasteiger partial charge in [-0.05, 0) is 35.2 Å². The Hall–Kier alpha value is -2.37. The van der Waals surface area contributed by atoms with Crippen LogP contribution in [-0.2, 0) is 6.61 Å². The summed E-state index contributed by atoms with van der Waals surface area (Å²) in [5, 5.41) is 9.34. The first-order valence-electron chi connectivity index (χ1n) is 7.04. The number of thiophene rings is 1. The normalized spacial score (nSPS) is 11.0. The zero-order valence-electron chi connectivity index (χ0n) is 12.0. The van der Waals surface area contributed by atoms with Gasteiger partial charge in [-0.2, -0.15) is 11.3 Å². The van der Waals surface area contributed by atoms with E-state index in [0.717, 1.165) is 22.5 Å². The molecule has 6 heteroatoms. The number of nitrogens with zero attached hydrogens (tertiary/aromatic N) is 3. The Morgan fingerprint density at radius 1 is 1.17 bits per heavy atom. The van der Waals surface area contributed by atoms with Gasteiger partial charge < -0.3 is 4.74 Å². The van der Waals surface area contributed by atoms with E-state index >= 15 is 0 Å². The van der Waals surface area contributed by atoms with Crippen molar-refractivity contribution in [3.63, 3.8) is 0 Å². The molecule has 23 heavy (non-hydrogen) atoms. The van der Waals surface area contributed by atoms with Crippen molar-refractivity contribution in [3.8, 4) is 17.1 Å². The first-order chi connectivity index (χ1) is 11.3. The maximum Gasteiger partial charge on any atom is 0.232 e. The molecular formula is C17H12ClN3OS. The lowest BCUT2D eigenvalue weighted by molar-refractivity contribution is 0.289. The van der Waals surface area contributed by atoms with Gasteiger partial charge in [0.15, 0.2) is 5.65 Å². The maximum atomic E-state index is 5.99. The molecule has 3 aromatic heterocycles. The van der Waals surface area contributed by atoms with Gasteiger partial charge in [0.2, 0.25) is 5.88 Å². The van der Waals surface area contributed by atoms with Crippen molar-refractivity contribution >= 4 is 28.6 Å². The van der Waals surface area contributed by atoms with Crippen molar-refractivity contribution in [2.24, 2.45) is 0 Å². The van der Waals surface area contributed by atoms with Crippen LogP contribution in [0, 0.1) is 0 Å². The smallest absolute Gasteiger partial charge is 0.232 e. The summed E-state index contributed by atoms with van der Waals surface area (Å²) in [6, 6.07) is 13.4. The van der Waals surface area contributed by atoms with E-state index in [-0.39, 0.29) is 0 Å². The molecule has 0 atom stereocenters. The lowest BCUT2D eigenvalue weighted by atomic mass is 10.2. The topological polar surface area (TPSA) is 39.4 Å². The van der Waals surface area contributed by atoms with Gasteiger partial charge in [0.1, 0.15) is 6.61 Å². The number of hydrogen-bond acceptors (Lipinski definition) is 4. The molecule has 0 bridgehead atoms. The fourth-order valence-electron chi connectivity index (χ4n) is 2.32. The van der Waals surface area contributed by atoms with E-state index in [9.17, 15) is 0 Å².